The first-order valence-corrected chi connectivity index (χ1v) is 9.78. The Kier molecular flexibility index (Phi) is 3.65. The summed E-state index contributed by atoms with van der Waals surface area (Å²) in [6.45, 7) is 0. The molecule has 26 heavy (non-hydrogen) atoms. The monoisotopic (exact) mass is 353 g/mol. The zero-order valence-corrected chi connectivity index (χ0v) is 15.2. The van der Waals surface area contributed by atoms with E-state index in [2.05, 4.69) is 84.2 Å². The lowest BCUT2D eigenvalue weighted by atomic mass is 9.86. The predicted octanol–water partition coefficient (Wildman–Crippen LogP) is 6.08. The van der Waals surface area contributed by atoms with Crippen molar-refractivity contribution < 1.29 is 0 Å². The summed E-state index contributed by atoms with van der Waals surface area (Å²) in [4.78, 5) is 1.33. The molecule has 0 saturated heterocycles. The maximum Gasteiger partial charge on any atom is 0.0454 e. The maximum absolute atomic E-state index is 6.58. The van der Waals surface area contributed by atoms with Gasteiger partial charge in [-0.1, -0.05) is 60.7 Å². The molecule has 1 nitrogen and oxygen atoms in total. The van der Waals surface area contributed by atoms with Crippen molar-refractivity contribution in [3.05, 3.63) is 111 Å². The highest BCUT2D eigenvalue weighted by molar-refractivity contribution is 7.10. The average molecular weight is 353 g/mol. The van der Waals surface area contributed by atoms with Gasteiger partial charge in [0.05, 0.1) is 0 Å². The second kappa shape index (κ2) is 6.15. The van der Waals surface area contributed by atoms with Crippen LogP contribution in [0.4, 0.5) is 5.69 Å². The number of hydrogen-bond acceptors (Lipinski definition) is 2. The molecule has 0 bridgehead atoms. The Morgan fingerprint density at radius 1 is 0.769 bits per heavy atom. The number of rotatable bonds is 3. The summed E-state index contributed by atoms with van der Waals surface area (Å²) < 4.78 is 0. The number of anilines is 1. The van der Waals surface area contributed by atoms with E-state index in [0.717, 1.165) is 12.1 Å². The van der Waals surface area contributed by atoms with Crippen LogP contribution < -0.4 is 5.73 Å². The first-order valence-electron chi connectivity index (χ1n) is 8.90. The van der Waals surface area contributed by atoms with Crippen molar-refractivity contribution in [2.75, 3.05) is 5.73 Å². The van der Waals surface area contributed by atoms with Gasteiger partial charge in [0.2, 0.25) is 0 Å². The summed E-state index contributed by atoms with van der Waals surface area (Å²) in [6.07, 6.45) is 0.977. The van der Waals surface area contributed by atoms with Crippen LogP contribution in [0, 0.1) is 0 Å². The van der Waals surface area contributed by atoms with Crippen molar-refractivity contribution >= 4 is 17.0 Å². The van der Waals surface area contributed by atoms with E-state index < -0.39 is 0 Å². The van der Waals surface area contributed by atoms with E-state index in [1.807, 2.05) is 0 Å². The van der Waals surface area contributed by atoms with Gasteiger partial charge in [0, 0.05) is 16.5 Å². The highest BCUT2D eigenvalue weighted by atomic mass is 32.1. The molecule has 126 valence electrons. The minimum Gasteiger partial charge on any atom is -0.398 e. The van der Waals surface area contributed by atoms with Crippen LogP contribution >= 0.6 is 11.3 Å². The standard InChI is InChI=1S/C24H19NS/c25-22-14-18-13-17-9-4-5-10-19(17)20(18)15-21(22)24(23-11-6-12-26-23)16-7-2-1-3-8-16/h1-12,14-15,24H,13,25H2. The third-order valence-electron chi connectivity index (χ3n) is 5.27. The number of nitrogens with two attached hydrogens (primary N) is 1. The van der Waals surface area contributed by atoms with Crippen molar-refractivity contribution in [1.29, 1.82) is 0 Å². The molecule has 0 radical (unpaired) electrons. The molecule has 2 heteroatoms. The van der Waals surface area contributed by atoms with Crippen molar-refractivity contribution in [2.24, 2.45) is 0 Å². The number of nitrogen functional groups attached to an aromatic ring is 1. The number of thiophene rings is 1. The van der Waals surface area contributed by atoms with Gasteiger partial charge in [0.25, 0.3) is 0 Å². The van der Waals surface area contributed by atoms with E-state index in [1.165, 1.54) is 38.3 Å². The van der Waals surface area contributed by atoms with Crippen LogP contribution in [0.5, 0.6) is 0 Å². The van der Waals surface area contributed by atoms with E-state index in [1.54, 1.807) is 11.3 Å². The highest BCUT2D eigenvalue weighted by Gasteiger charge is 2.25. The van der Waals surface area contributed by atoms with E-state index in [0.29, 0.717) is 0 Å². The summed E-state index contributed by atoms with van der Waals surface area (Å²) >= 11 is 1.79. The molecule has 4 aromatic rings. The second-order valence-corrected chi connectivity index (χ2v) is 7.81. The molecule has 3 aromatic carbocycles. The van der Waals surface area contributed by atoms with Crippen LogP contribution in [0.1, 0.15) is 33.0 Å². The van der Waals surface area contributed by atoms with E-state index in [-0.39, 0.29) is 5.92 Å². The van der Waals surface area contributed by atoms with Crippen molar-refractivity contribution in [1.82, 2.24) is 0 Å². The molecule has 0 aliphatic heterocycles. The smallest absolute Gasteiger partial charge is 0.0454 e. The normalized spacial score (nSPS) is 13.2. The van der Waals surface area contributed by atoms with Gasteiger partial charge in [-0.25, -0.2) is 0 Å². The molecule has 2 N–H and O–H groups in total. The highest BCUT2D eigenvalue weighted by Crippen LogP contribution is 2.44. The summed E-state index contributed by atoms with van der Waals surface area (Å²) in [7, 11) is 0. The molecule has 1 aromatic heterocycles. The molecule has 1 unspecified atom stereocenters. The summed E-state index contributed by atoms with van der Waals surface area (Å²) in [5.41, 5.74) is 15.4. The Balaban J connectivity index is 1.72. The molecule has 5 rings (SSSR count). The fourth-order valence-corrected chi connectivity index (χ4v) is 4.94. The molecule has 0 spiro atoms. The fourth-order valence-electron chi connectivity index (χ4n) is 4.07. The first-order chi connectivity index (χ1) is 12.8. The lowest BCUT2D eigenvalue weighted by molar-refractivity contribution is 1.01. The molecule has 1 aliphatic rings. The Morgan fingerprint density at radius 2 is 1.58 bits per heavy atom. The van der Waals surface area contributed by atoms with Gasteiger partial charge < -0.3 is 5.73 Å². The summed E-state index contributed by atoms with van der Waals surface area (Å²) in [5.74, 6) is 0.175. The van der Waals surface area contributed by atoms with E-state index in [4.69, 9.17) is 5.73 Å². The largest absolute Gasteiger partial charge is 0.398 e. The van der Waals surface area contributed by atoms with Gasteiger partial charge >= 0.3 is 0 Å². The Bertz CT molecular complexity index is 1060. The lowest BCUT2D eigenvalue weighted by Crippen LogP contribution is -2.06. The van der Waals surface area contributed by atoms with Gasteiger partial charge in [-0.05, 0) is 63.4 Å². The molecule has 1 atom stereocenters. The minimum absolute atomic E-state index is 0.175. The van der Waals surface area contributed by atoms with Crippen molar-refractivity contribution in [2.45, 2.75) is 12.3 Å². The topological polar surface area (TPSA) is 26.0 Å². The van der Waals surface area contributed by atoms with Crippen molar-refractivity contribution in [3.63, 3.8) is 0 Å². The first kappa shape index (κ1) is 15.4. The summed E-state index contributed by atoms with van der Waals surface area (Å²) in [6, 6.07) is 28.2. The van der Waals surface area contributed by atoms with Crippen molar-refractivity contribution in [3.8, 4) is 11.1 Å². The molecular formula is C24H19NS. The molecule has 1 aliphatic carbocycles. The zero-order valence-electron chi connectivity index (χ0n) is 14.4. The molecule has 0 saturated carbocycles. The number of hydrogen-bond donors (Lipinski definition) is 1. The van der Waals surface area contributed by atoms with Gasteiger partial charge in [0.1, 0.15) is 0 Å². The molecule has 0 amide bonds. The van der Waals surface area contributed by atoms with Crippen LogP contribution in [-0.4, -0.2) is 0 Å². The van der Waals surface area contributed by atoms with Gasteiger partial charge in [-0.15, -0.1) is 11.3 Å². The van der Waals surface area contributed by atoms with Crippen LogP contribution in [-0.2, 0) is 6.42 Å². The molecule has 0 fully saturated rings. The second-order valence-electron chi connectivity index (χ2n) is 6.83. The minimum atomic E-state index is 0.175. The number of fused-ring (bicyclic) bond motifs is 3. The van der Waals surface area contributed by atoms with E-state index >= 15 is 0 Å². The van der Waals surface area contributed by atoms with E-state index in [9.17, 15) is 0 Å². The Labute approximate surface area is 157 Å². The predicted molar refractivity (Wildman–Crippen MR) is 111 cm³/mol. The summed E-state index contributed by atoms with van der Waals surface area (Å²) in [5, 5.41) is 2.14. The third kappa shape index (κ3) is 2.46. The van der Waals surface area contributed by atoms with Crippen LogP contribution in [0.25, 0.3) is 11.1 Å². The Hall–Kier alpha value is -2.84. The van der Waals surface area contributed by atoms with Gasteiger partial charge in [-0.2, -0.15) is 0 Å². The fraction of sp³-hybridized carbons (Fsp3) is 0.0833. The van der Waals surface area contributed by atoms with Gasteiger partial charge in [0.15, 0.2) is 0 Å². The average Bonchev–Trinajstić information content (AvgIpc) is 3.31. The van der Waals surface area contributed by atoms with Crippen LogP contribution in [0.3, 0.4) is 0 Å². The van der Waals surface area contributed by atoms with Gasteiger partial charge in [-0.3, -0.25) is 0 Å². The Morgan fingerprint density at radius 3 is 2.38 bits per heavy atom. The quantitative estimate of drug-likeness (QED) is 0.391. The van der Waals surface area contributed by atoms with Crippen LogP contribution in [0.15, 0.2) is 84.2 Å². The SMILES string of the molecule is Nc1cc2c(cc1C(c1ccccc1)c1cccs1)-c1ccccc1C2. The molecule has 1 heterocycles. The molecular weight excluding hydrogens is 334 g/mol. The lowest BCUT2D eigenvalue weighted by Gasteiger charge is -2.20. The third-order valence-corrected chi connectivity index (χ3v) is 6.21. The zero-order chi connectivity index (χ0) is 17.5. The maximum atomic E-state index is 6.58. The number of benzene rings is 3. The van der Waals surface area contributed by atoms with Crippen LogP contribution in [0.2, 0.25) is 0 Å².